The first-order valence-electron chi connectivity index (χ1n) is 20.1. The number of piperidine rings is 2. The number of amides is 2. The Morgan fingerprint density at radius 1 is 0.750 bits per heavy atom. The predicted octanol–water partition coefficient (Wildman–Crippen LogP) is 6.18. The summed E-state index contributed by atoms with van der Waals surface area (Å²) < 4.78 is 44.9. The molecular weight excluding hydrogens is 844 g/mol. The van der Waals surface area contributed by atoms with E-state index in [4.69, 9.17) is 55.5 Å². The van der Waals surface area contributed by atoms with Gasteiger partial charge in [-0.25, -0.2) is 16.8 Å². The van der Waals surface area contributed by atoms with Gasteiger partial charge < -0.3 is 20.9 Å². The molecule has 4 heterocycles. The molecule has 0 aromatic heterocycles. The van der Waals surface area contributed by atoms with Gasteiger partial charge in [-0.1, -0.05) is 65.9 Å². The molecule has 0 aromatic carbocycles. The molecule has 0 aromatic rings. The molecule has 0 unspecified atom stereocenters. The molecule has 0 atom stereocenters. The summed E-state index contributed by atoms with van der Waals surface area (Å²) in [4.78, 5) is 36.5. The lowest BCUT2D eigenvalue weighted by molar-refractivity contribution is -0.125. The fraction of sp³-hybridized carbons (Fsp3) is 0.838. The van der Waals surface area contributed by atoms with Crippen molar-refractivity contribution >= 4 is 88.0 Å². The maximum Gasteiger partial charge on any atom is 0.253 e. The molecular formula is C37H65Cl4N7O6S2. The first-order chi connectivity index (χ1) is 26.6. The molecule has 6 aliphatic rings. The Morgan fingerprint density at radius 3 is 1.45 bits per heavy atom. The first kappa shape index (κ1) is 51.1. The predicted molar refractivity (Wildman–Crippen MR) is 232 cm³/mol. The average Bonchev–Trinajstić information content (AvgIpc) is 3.68. The number of nitrogens with zero attached hydrogens (tertiary/aromatic N) is 4. The minimum Gasteiger partial charge on any atom is -0.317 e. The van der Waals surface area contributed by atoms with Gasteiger partial charge in [-0.2, -0.15) is 4.31 Å². The van der Waals surface area contributed by atoms with Crippen molar-refractivity contribution in [1.29, 1.82) is 0 Å². The number of amidine groups is 2. The molecule has 2 saturated heterocycles. The molecule has 2 aliphatic carbocycles. The van der Waals surface area contributed by atoms with E-state index in [1.807, 2.05) is 0 Å². The van der Waals surface area contributed by atoms with Crippen LogP contribution < -0.4 is 16.0 Å². The van der Waals surface area contributed by atoms with E-state index in [0.717, 1.165) is 55.9 Å². The highest BCUT2D eigenvalue weighted by Crippen LogP contribution is 2.35. The van der Waals surface area contributed by atoms with E-state index in [1.165, 1.54) is 75.3 Å². The molecule has 2 saturated carbocycles. The van der Waals surface area contributed by atoms with Gasteiger partial charge in [0.05, 0.1) is 11.1 Å². The summed E-state index contributed by atoms with van der Waals surface area (Å²) in [6, 6.07) is 0. The lowest BCUT2D eigenvalue weighted by atomic mass is 9.88. The van der Waals surface area contributed by atoms with Crippen LogP contribution in [0.25, 0.3) is 0 Å². The Morgan fingerprint density at radius 2 is 1.14 bits per heavy atom. The summed E-state index contributed by atoms with van der Waals surface area (Å²) in [7, 11) is -2.01. The molecule has 4 aliphatic heterocycles. The Bertz CT molecular complexity index is 1500. The summed E-state index contributed by atoms with van der Waals surface area (Å²) in [5, 5.41) is 10.5. The monoisotopic (exact) mass is 907 g/mol. The van der Waals surface area contributed by atoms with E-state index < -0.39 is 30.2 Å². The Kier molecular flexibility index (Phi) is 23.3. The lowest BCUT2D eigenvalue weighted by Gasteiger charge is -2.34. The van der Waals surface area contributed by atoms with Crippen LogP contribution in [0.2, 0.25) is 0 Å². The highest BCUT2D eigenvalue weighted by molar-refractivity contribution is 8.13. The Hall–Kier alpha value is -1.04. The van der Waals surface area contributed by atoms with Gasteiger partial charge in [0.15, 0.2) is 0 Å². The summed E-state index contributed by atoms with van der Waals surface area (Å²) in [5.41, 5.74) is -1.17. The zero-order valence-corrected chi connectivity index (χ0v) is 38.1. The van der Waals surface area contributed by atoms with Crippen molar-refractivity contribution in [1.82, 2.24) is 25.2 Å². The van der Waals surface area contributed by atoms with Crippen LogP contribution in [0.4, 0.5) is 0 Å². The highest BCUT2D eigenvalue weighted by atomic mass is 35.7. The molecule has 13 nitrogen and oxygen atoms in total. The smallest absolute Gasteiger partial charge is 0.253 e. The van der Waals surface area contributed by atoms with E-state index in [9.17, 15) is 26.4 Å². The standard InChI is InChI=1S/C15H23N3O3S.C13H21N3O.C6H15N.C2H4Cl2O2S.CH2Cl2/c1-2-22(20,21)18-10-8-15(9-11-18)14(19)16-13(17-15)12-6-4-3-5-7-12;17-12-13(6-8-14-9-7-13)16-11(15-12)10-4-2-1-3-5-10;1-4-7(5-2)6-3;3-1-2-7(4,5)6;2-1-3/h2,12H,1,3-11H2,(H,16,17,19);10,14H,1-9H2,(H,15,16,17);4-6H2,1-3H3;1-2H2;1H2. The van der Waals surface area contributed by atoms with Crippen LogP contribution in [0, 0.1) is 11.8 Å². The molecule has 2 spiro atoms. The number of halogens is 4. The van der Waals surface area contributed by atoms with E-state index in [0.29, 0.717) is 37.8 Å². The van der Waals surface area contributed by atoms with Crippen molar-refractivity contribution in [2.45, 2.75) is 122 Å². The molecule has 56 heavy (non-hydrogen) atoms. The van der Waals surface area contributed by atoms with Crippen molar-refractivity contribution in [3.05, 3.63) is 12.0 Å². The van der Waals surface area contributed by atoms with E-state index in [2.05, 4.69) is 48.2 Å². The number of rotatable bonds is 9. The van der Waals surface area contributed by atoms with Crippen LogP contribution >= 0.6 is 45.5 Å². The number of nitrogens with one attached hydrogen (secondary N) is 3. The molecule has 0 radical (unpaired) electrons. The molecule has 4 fully saturated rings. The van der Waals surface area contributed by atoms with E-state index in [-0.39, 0.29) is 28.8 Å². The van der Waals surface area contributed by atoms with Gasteiger partial charge >= 0.3 is 0 Å². The van der Waals surface area contributed by atoms with Crippen LogP contribution in [-0.2, 0) is 28.7 Å². The summed E-state index contributed by atoms with van der Waals surface area (Å²) >= 11 is 14.6. The summed E-state index contributed by atoms with van der Waals surface area (Å²) in [5.74, 6) is 2.72. The largest absolute Gasteiger partial charge is 0.317 e. The third-order valence-corrected chi connectivity index (χ3v) is 14.3. The van der Waals surface area contributed by atoms with E-state index >= 15 is 0 Å². The molecule has 6 rings (SSSR count). The van der Waals surface area contributed by atoms with E-state index in [1.54, 1.807) is 0 Å². The zero-order valence-electron chi connectivity index (χ0n) is 33.5. The zero-order chi connectivity index (χ0) is 41.8. The number of aliphatic imine (C=N–C) groups is 2. The lowest BCUT2D eigenvalue weighted by Crippen LogP contribution is -2.50. The molecule has 3 N–H and O–H groups in total. The molecule has 0 bridgehead atoms. The highest BCUT2D eigenvalue weighted by Gasteiger charge is 2.48. The van der Waals surface area contributed by atoms with Crippen molar-refractivity contribution in [3.63, 3.8) is 0 Å². The second kappa shape index (κ2) is 25.6. The molecule has 324 valence electrons. The average molecular weight is 910 g/mol. The SMILES string of the molecule is C=CS(=O)(=O)N1CCC2(CC1)N=C(C1CCCCC1)NC2=O.CCN(CC)CC.ClCCl.O=C1NC(C2CCCCC2)=NC12CCNCC2.O=S(=O)(Cl)CCCl. The van der Waals surface area contributed by atoms with Crippen molar-refractivity contribution in [2.24, 2.45) is 21.8 Å². The van der Waals surface area contributed by atoms with Gasteiger partial charge in [-0.05, 0) is 84.1 Å². The summed E-state index contributed by atoms with van der Waals surface area (Å²) in [6.45, 7) is 15.9. The second-order valence-electron chi connectivity index (χ2n) is 14.6. The van der Waals surface area contributed by atoms with Gasteiger partial charge in [0.1, 0.15) is 22.7 Å². The number of carbonyl (C=O) groups excluding carboxylic acids is 2. The minimum atomic E-state index is -3.40. The molecule has 19 heteroatoms. The maximum absolute atomic E-state index is 12.4. The second-order valence-corrected chi connectivity index (χ2v) is 20.6. The van der Waals surface area contributed by atoms with Crippen molar-refractivity contribution in [3.8, 4) is 0 Å². The van der Waals surface area contributed by atoms with Crippen LogP contribution in [0.15, 0.2) is 22.0 Å². The van der Waals surface area contributed by atoms with Gasteiger partial charge in [0.2, 0.25) is 19.1 Å². The normalized spacial score (nSPS) is 22.4. The van der Waals surface area contributed by atoms with Crippen LogP contribution in [0.5, 0.6) is 0 Å². The number of alkyl halides is 3. The maximum atomic E-state index is 12.4. The van der Waals surface area contributed by atoms with Gasteiger partial charge in [-0.3, -0.25) is 19.6 Å². The van der Waals surface area contributed by atoms with Crippen molar-refractivity contribution in [2.75, 3.05) is 62.8 Å². The van der Waals surface area contributed by atoms with Gasteiger partial charge in [0, 0.05) is 46.9 Å². The third-order valence-electron chi connectivity index (χ3n) is 11.2. The first-order valence-corrected chi connectivity index (χ1v) is 25.7. The van der Waals surface area contributed by atoms with Gasteiger partial charge in [-0.15, -0.1) is 34.8 Å². The molecule has 2 amide bonds. The van der Waals surface area contributed by atoms with Gasteiger partial charge in [0.25, 0.3) is 11.8 Å². The fourth-order valence-electron chi connectivity index (χ4n) is 7.72. The number of hydrogen-bond acceptors (Lipinski definition) is 10. The number of hydrogen-bond donors (Lipinski definition) is 3. The number of carbonyl (C=O) groups is 2. The van der Waals surface area contributed by atoms with Crippen molar-refractivity contribution < 1.29 is 26.4 Å². The topological polar surface area (TPSA) is 170 Å². The Labute approximate surface area is 356 Å². The fourth-order valence-corrected chi connectivity index (χ4v) is 9.88. The van der Waals surface area contributed by atoms with Crippen LogP contribution in [0.3, 0.4) is 0 Å². The third kappa shape index (κ3) is 16.2. The van der Waals surface area contributed by atoms with Crippen LogP contribution in [-0.4, -0.2) is 123 Å². The summed E-state index contributed by atoms with van der Waals surface area (Å²) in [6.07, 6.45) is 14.7. The Balaban J connectivity index is 0.000000280. The minimum absolute atomic E-state index is 0.0521. The quantitative estimate of drug-likeness (QED) is 0.182. The van der Waals surface area contributed by atoms with Crippen LogP contribution in [0.1, 0.15) is 111 Å². The number of sulfonamides is 1.